The third-order valence-corrected chi connectivity index (χ3v) is 4.39. The number of benzene rings is 1. The van der Waals surface area contributed by atoms with Crippen molar-refractivity contribution in [2.45, 2.75) is 26.2 Å². The Labute approximate surface area is 154 Å². The fourth-order valence-corrected chi connectivity index (χ4v) is 2.99. The van der Waals surface area contributed by atoms with E-state index in [0.29, 0.717) is 36.9 Å². The SMILES string of the molecule is CCOc1ccc(NC(=O)CCCc2nc(-c3cccs3)no2)cc1F. The molecule has 1 N–H and O–H groups in total. The maximum Gasteiger partial charge on any atom is 0.226 e. The largest absolute Gasteiger partial charge is 0.491 e. The van der Waals surface area contributed by atoms with Crippen molar-refractivity contribution >= 4 is 22.9 Å². The number of rotatable bonds is 8. The van der Waals surface area contributed by atoms with Crippen LogP contribution in [0.4, 0.5) is 10.1 Å². The number of nitrogens with one attached hydrogen (secondary N) is 1. The average molecular weight is 375 g/mol. The van der Waals surface area contributed by atoms with E-state index >= 15 is 0 Å². The Hall–Kier alpha value is -2.74. The van der Waals surface area contributed by atoms with Crippen LogP contribution in [-0.4, -0.2) is 22.7 Å². The second-order valence-corrected chi connectivity index (χ2v) is 6.42. The molecular weight excluding hydrogens is 357 g/mol. The summed E-state index contributed by atoms with van der Waals surface area (Å²) in [6, 6.07) is 8.19. The summed E-state index contributed by atoms with van der Waals surface area (Å²) in [6.45, 7) is 2.16. The van der Waals surface area contributed by atoms with Crippen LogP contribution in [0.15, 0.2) is 40.2 Å². The van der Waals surface area contributed by atoms with E-state index in [1.165, 1.54) is 23.5 Å². The monoisotopic (exact) mass is 375 g/mol. The first-order chi connectivity index (χ1) is 12.7. The summed E-state index contributed by atoms with van der Waals surface area (Å²) in [5, 5.41) is 8.54. The Morgan fingerprint density at radius 3 is 3.00 bits per heavy atom. The zero-order valence-corrected chi connectivity index (χ0v) is 15.0. The van der Waals surface area contributed by atoms with E-state index in [2.05, 4.69) is 15.5 Å². The van der Waals surface area contributed by atoms with Crippen molar-refractivity contribution in [3.63, 3.8) is 0 Å². The van der Waals surface area contributed by atoms with Gasteiger partial charge >= 0.3 is 0 Å². The molecule has 1 aromatic carbocycles. The van der Waals surface area contributed by atoms with Crippen molar-refractivity contribution in [3.05, 3.63) is 47.4 Å². The number of ether oxygens (including phenoxy) is 1. The normalized spacial score (nSPS) is 10.7. The summed E-state index contributed by atoms with van der Waals surface area (Å²) in [6.07, 6.45) is 1.33. The predicted octanol–water partition coefficient (Wildman–Crippen LogP) is 4.30. The lowest BCUT2D eigenvalue weighted by Gasteiger charge is -2.08. The van der Waals surface area contributed by atoms with E-state index in [9.17, 15) is 9.18 Å². The summed E-state index contributed by atoms with van der Waals surface area (Å²) < 4.78 is 24.1. The Kier molecular flexibility index (Phi) is 5.96. The summed E-state index contributed by atoms with van der Waals surface area (Å²) in [7, 11) is 0. The standard InChI is InChI=1S/C18H18FN3O3S/c1-2-24-14-9-8-12(11-13(14)19)20-16(23)6-3-7-17-21-18(22-25-17)15-5-4-10-26-15/h4-5,8-11H,2-3,6-7H2,1H3,(H,20,23). The molecule has 0 aliphatic carbocycles. The van der Waals surface area contributed by atoms with Crippen LogP contribution in [0.2, 0.25) is 0 Å². The highest BCUT2D eigenvalue weighted by molar-refractivity contribution is 7.13. The third-order valence-electron chi connectivity index (χ3n) is 3.52. The molecule has 0 atom stereocenters. The Balaban J connectivity index is 1.46. The van der Waals surface area contributed by atoms with Crippen LogP contribution in [0, 0.1) is 5.82 Å². The molecule has 0 bridgehead atoms. The van der Waals surface area contributed by atoms with Gasteiger partial charge < -0.3 is 14.6 Å². The molecule has 2 heterocycles. The number of hydrogen-bond donors (Lipinski definition) is 1. The molecule has 0 saturated carbocycles. The molecule has 3 aromatic rings. The van der Waals surface area contributed by atoms with Gasteiger partial charge in [-0.05, 0) is 36.9 Å². The van der Waals surface area contributed by atoms with Crippen LogP contribution in [0.5, 0.6) is 5.75 Å². The highest BCUT2D eigenvalue weighted by Crippen LogP contribution is 2.22. The van der Waals surface area contributed by atoms with Crippen molar-refractivity contribution in [3.8, 4) is 16.5 Å². The second kappa shape index (κ2) is 8.57. The van der Waals surface area contributed by atoms with Crippen LogP contribution < -0.4 is 10.1 Å². The molecule has 0 aliphatic rings. The van der Waals surface area contributed by atoms with Gasteiger partial charge in [-0.2, -0.15) is 4.98 Å². The highest BCUT2D eigenvalue weighted by Gasteiger charge is 2.11. The number of nitrogens with zero attached hydrogens (tertiary/aromatic N) is 2. The quantitative estimate of drug-likeness (QED) is 0.635. The zero-order chi connectivity index (χ0) is 18.4. The van der Waals surface area contributed by atoms with Crippen molar-refractivity contribution in [1.82, 2.24) is 10.1 Å². The minimum absolute atomic E-state index is 0.170. The van der Waals surface area contributed by atoms with E-state index in [-0.39, 0.29) is 18.1 Å². The number of aromatic nitrogens is 2. The first kappa shape index (κ1) is 18.1. The Morgan fingerprint density at radius 1 is 1.38 bits per heavy atom. The Morgan fingerprint density at radius 2 is 2.27 bits per heavy atom. The van der Waals surface area contributed by atoms with Crippen LogP contribution in [-0.2, 0) is 11.2 Å². The van der Waals surface area contributed by atoms with E-state index in [0.717, 1.165) is 4.88 Å². The van der Waals surface area contributed by atoms with E-state index < -0.39 is 5.82 Å². The van der Waals surface area contributed by atoms with Gasteiger partial charge in [0.1, 0.15) is 0 Å². The minimum atomic E-state index is -0.503. The molecule has 0 spiro atoms. The molecule has 6 nitrogen and oxygen atoms in total. The number of amides is 1. The lowest BCUT2D eigenvalue weighted by molar-refractivity contribution is -0.116. The topological polar surface area (TPSA) is 77.2 Å². The van der Waals surface area contributed by atoms with Gasteiger partial charge in [0, 0.05) is 24.6 Å². The van der Waals surface area contributed by atoms with Gasteiger partial charge in [-0.25, -0.2) is 4.39 Å². The number of carbonyl (C=O) groups excluding carboxylic acids is 1. The van der Waals surface area contributed by atoms with Crippen LogP contribution in [0.25, 0.3) is 10.7 Å². The van der Waals surface area contributed by atoms with Gasteiger partial charge in [-0.1, -0.05) is 11.2 Å². The summed E-state index contributed by atoms with van der Waals surface area (Å²) >= 11 is 1.54. The number of hydrogen-bond acceptors (Lipinski definition) is 6. The molecule has 0 radical (unpaired) electrons. The summed E-state index contributed by atoms with van der Waals surface area (Å²) in [5.41, 5.74) is 0.397. The fourth-order valence-electron chi connectivity index (χ4n) is 2.34. The molecule has 0 saturated heterocycles. The van der Waals surface area contributed by atoms with Crippen molar-refractivity contribution in [1.29, 1.82) is 0 Å². The van der Waals surface area contributed by atoms with Gasteiger partial charge in [0.15, 0.2) is 11.6 Å². The van der Waals surface area contributed by atoms with E-state index in [4.69, 9.17) is 9.26 Å². The first-order valence-electron chi connectivity index (χ1n) is 8.24. The fraction of sp³-hybridized carbons (Fsp3) is 0.278. The van der Waals surface area contributed by atoms with Crippen LogP contribution in [0.1, 0.15) is 25.7 Å². The van der Waals surface area contributed by atoms with E-state index in [1.54, 1.807) is 13.0 Å². The molecule has 26 heavy (non-hydrogen) atoms. The van der Waals surface area contributed by atoms with Gasteiger partial charge in [-0.3, -0.25) is 4.79 Å². The number of aryl methyl sites for hydroxylation is 1. The number of anilines is 1. The van der Waals surface area contributed by atoms with Gasteiger partial charge in [0.2, 0.25) is 17.6 Å². The minimum Gasteiger partial charge on any atom is -0.491 e. The van der Waals surface area contributed by atoms with Crippen molar-refractivity contribution in [2.24, 2.45) is 0 Å². The smallest absolute Gasteiger partial charge is 0.226 e. The molecule has 2 aromatic heterocycles. The molecule has 136 valence electrons. The summed E-state index contributed by atoms with van der Waals surface area (Å²) in [5.74, 6) is 0.518. The maximum atomic E-state index is 13.8. The zero-order valence-electron chi connectivity index (χ0n) is 14.2. The third kappa shape index (κ3) is 4.66. The van der Waals surface area contributed by atoms with Gasteiger partial charge in [-0.15, -0.1) is 11.3 Å². The van der Waals surface area contributed by atoms with Gasteiger partial charge in [0.05, 0.1) is 11.5 Å². The second-order valence-electron chi connectivity index (χ2n) is 5.47. The number of thiophene rings is 1. The number of halogens is 1. The number of carbonyl (C=O) groups is 1. The lowest BCUT2D eigenvalue weighted by Crippen LogP contribution is -2.11. The molecule has 8 heteroatoms. The first-order valence-corrected chi connectivity index (χ1v) is 9.12. The van der Waals surface area contributed by atoms with Crippen LogP contribution >= 0.6 is 11.3 Å². The molecular formula is C18H18FN3O3S. The van der Waals surface area contributed by atoms with Crippen molar-refractivity contribution in [2.75, 3.05) is 11.9 Å². The van der Waals surface area contributed by atoms with Crippen LogP contribution in [0.3, 0.4) is 0 Å². The molecule has 0 fully saturated rings. The maximum absolute atomic E-state index is 13.8. The molecule has 0 unspecified atom stereocenters. The highest BCUT2D eigenvalue weighted by atomic mass is 32.1. The average Bonchev–Trinajstić information content (AvgIpc) is 3.28. The van der Waals surface area contributed by atoms with E-state index in [1.807, 2.05) is 17.5 Å². The predicted molar refractivity (Wildman–Crippen MR) is 96.7 cm³/mol. The molecule has 0 aliphatic heterocycles. The Bertz CT molecular complexity index is 864. The lowest BCUT2D eigenvalue weighted by atomic mass is 10.2. The molecule has 3 rings (SSSR count). The van der Waals surface area contributed by atoms with Crippen molar-refractivity contribution < 1.29 is 18.4 Å². The summed E-state index contributed by atoms with van der Waals surface area (Å²) in [4.78, 5) is 17.2. The van der Waals surface area contributed by atoms with Gasteiger partial charge in [0.25, 0.3) is 0 Å². The molecule has 1 amide bonds.